The maximum absolute atomic E-state index is 12.4. The van der Waals surface area contributed by atoms with Crippen LogP contribution in [0.1, 0.15) is 6.92 Å². The Morgan fingerprint density at radius 1 is 1.50 bits per heavy atom. The highest BCUT2D eigenvalue weighted by atomic mass is 35.5. The zero-order chi connectivity index (χ0) is 16.2. The molecular weight excluding hydrogens is 336 g/mol. The Kier molecular flexibility index (Phi) is 6.07. The maximum Gasteiger partial charge on any atom is 0.244 e. The van der Waals surface area contributed by atoms with Gasteiger partial charge in [0.2, 0.25) is 5.91 Å². The number of amides is 1. The fourth-order valence-electron chi connectivity index (χ4n) is 2.47. The van der Waals surface area contributed by atoms with Crippen molar-refractivity contribution >= 4 is 24.0 Å². The van der Waals surface area contributed by atoms with Crippen molar-refractivity contribution in [3.63, 3.8) is 0 Å². The highest BCUT2D eigenvalue weighted by Crippen LogP contribution is 2.25. The van der Waals surface area contributed by atoms with E-state index in [4.69, 9.17) is 9.47 Å². The lowest BCUT2D eigenvalue weighted by Gasteiger charge is -2.29. The molecule has 0 saturated carbocycles. The van der Waals surface area contributed by atoms with Crippen LogP contribution in [0, 0.1) is 0 Å². The Morgan fingerprint density at radius 2 is 2.33 bits per heavy atom. The summed E-state index contributed by atoms with van der Waals surface area (Å²) in [6.45, 7) is 3.13. The molecule has 24 heavy (non-hydrogen) atoms. The second kappa shape index (κ2) is 8.04. The first kappa shape index (κ1) is 18.1. The van der Waals surface area contributed by atoms with Gasteiger partial charge in [0.05, 0.1) is 19.8 Å². The van der Waals surface area contributed by atoms with E-state index in [1.807, 2.05) is 6.92 Å². The van der Waals surface area contributed by atoms with Gasteiger partial charge in [0, 0.05) is 12.2 Å². The number of nitrogens with zero attached hydrogens (tertiary/aromatic N) is 4. The molecular formula is C14H19ClN6O3. The molecule has 9 nitrogen and oxygen atoms in total. The molecule has 1 saturated heterocycles. The number of ether oxygens (including phenoxy) is 2. The number of carbonyl (C=O) groups is 1. The molecule has 2 N–H and O–H groups in total. The lowest BCUT2D eigenvalue weighted by Crippen LogP contribution is -2.53. The lowest BCUT2D eigenvalue weighted by atomic mass is 10.1. The van der Waals surface area contributed by atoms with Crippen LogP contribution in [0.5, 0.6) is 5.75 Å². The van der Waals surface area contributed by atoms with E-state index >= 15 is 0 Å². The SMILES string of the molecule is COc1ccc(NC(=O)[C@H]2NCCO[C@@H]2C)cc1-n1cnnn1.Cl. The molecule has 130 valence electrons. The summed E-state index contributed by atoms with van der Waals surface area (Å²) in [5.41, 5.74) is 1.26. The van der Waals surface area contributed by atoms with Gasteiger partial charge in [0.15, 0.2) is 0 Å². The van der Waals surface area contributed by atoms with Crippen molar-refractivity contribution in [1.82, 2.24) is 25.5 Å². The molecule has 2 atom stereocenters. The predicted molar refractivity (Wildman–Crippen MR) is 88.8 cm³/mol. The van der Waals surface area contributed by atoms with Crippen LogP contribution in [0.3, 0.4) is 0 Å². The molecule has 2 heterocycles. The molecule has 0 radical (unpaired) electrons. The number of tetrazole rings is 1. The average Bonchev–Trinajstić information content (AvgIpc) is 3.09. The van der Waals surface area contributed by atoms with Gasteiger partial charge in [-0.05, 0) is 35.5 Å². The number of hydrogen-bond acceptors (Lipinski definition) is 7. The van der Waals surface area contributed by atoms with E-state index in [2.05, 4.69) is 26.2 Å². The minimum atomic E-state index is -0.387. The van der Waals surface area contributed by atoms with Crippen molar-refractivity contribution in [2.45, 2.75) is 19.1 Å². The standard InChI is InChI=1S/C14H18N6O3.ClH/c1-9-13(15-5-6-23-9)14(21)17-10-3-4-12(22-2)11(7-10)20-8-16-18-19-20;/h3-4,7-9,13,15H,5-6H2,1-2H3,(H,17,21);1H/t9-,13+;/m1./s1. The molecule has 1 aromatic heterocycles. The van der Waals surface area contributed by atoms with Crippen molar-refractivity contribution < 1.29 is 14.3 Å². The molecule has 0 spiro atoms. The monoisotopic (exact) mass is 354 g/mol. The van der Waals surface area contributed by atoms with E-state index in [1.54, 1.807) is 25.3 Å². The fraction of sp³-hybridized carbons (Fsp3) is 0.429. The molecule has 2 aromatic rings. The largest absolute Gasteiger partial charge is 0.494 e. The Morgan fingerprint density at radius 3 is 3.00 bits per heavy atom. The van der Waals surface area contributed by atoms with Crippen LogP contribution < -0.4 is 15.4 Å². The molecule has 3 rings (SSSR count). The number of morpholine rings is 1. The van der Waals surface area contributed by atoms with Gasteiger partial charge in [0.25, 0.3) is 0 Å². The number of nitrogens with one attached hydrogen (secondary N) is 2. The zero-order valence-corrected chi connectivity index (χ0v) is 14.1. The lowest BCUT2D eigenvalue weighted by molar-refractivity contribution is -0.123. The first-order valence-electron chi connectivity index (χ1n) is 7.26. The van der Waals surface area contributed by atoms with Crippen LogP contribution in [-0.2, 0) is 9.53 Å². The van der Waals surface area contributed by atoms with E-state index in [1.165, 1.54) is 11.0 Å². The second-order valence-electron chi connectivity index (χ2n) is 5.14. The molecule has 0 unspecified atom stereocenters. The molecule has 0 aliphatic carbocycles. The first-order valence-corrected chi connectivity index (χ1v) is 7.26. The van der Waals surface area contributed by atoms with Crippen molar-refractivity contribution in [2.75, 3.05) is 25.6 Å². The van der Waals surface area contributed by atoms with Crippen molar-refractivity contribution in [3.05, 3.63) is 24.5 Å². The van der Waals surface area contributed by atoms with E-state index in [-0.39, 0.29) is 30.5 Å². The summed E-state index contributed by atoms with van der Waals surface area (Å²) in [5, 5.41) is 17.1. The summed E-state index contributed by atoms with van der Waals surface area (Å²) in [5.74, 6) is 0.452. The first-order chi connectivity index (χ1) is 11.2. The number of aromatic nitrogens is 4. The van der Waals surface area contributed by atoms with E-state index in [0.29, 0.717) is 30.3 Å². The molecule has 1 aromatic carbocycles. The van der Waals surface area contributed by atoms with Crippen molar-refractivity contribution in [1.29, 1.82) is 0 Å². The second-order valence-corrected chi connectivity index (χ2v) is 5.14. The minimum absolute atomic E-state index is 0. The van der Waals surface area contributed by atoms with Gasteiger partial charge in [-0.2, -0.15) is 4.68 Å². The van der Waals surface area contributed by atoms with Crippen LogP contribution in [0.15, 0.2) is 24.5 Å². The van der Waals surface area contributed by atoms with Crippen LogP contribution >= 0.6 is 12.4 Å². The summed E-state index contributed by atoms with van der Waals surface area (Å²) >= 11 is 0. The third-order valence-electron chi connectivity index (χ3n) is 3.64. The smallest absolute Gasteiger partial charge is 0.244 e. The predicted octanol–water partition coefficient (Wildman–Crippen LogP) is 0.408. The summed E-state index contributed by atoms with van der Waals surface area (Å²) in [7, 11) is 1.56. The average molecular weight is 355 g/mol. The van der Waals surface area contributed by atoms with Crippen molar-refractivity contribution in [3.8, 4) is 11.4 Å². The van der Waals surface area contributed by atoms with Gasteiger partial charge in [-0.1, -0.05) is 0 Å². The number of methoxy groups -OCH3 is 1. The molecule has 0 bridgehead atoms. The number of carbonyl (C=O) groups excluding carboxylic acids is 1. The Labute approximate surface area is 145 Å². The number of hydrogen-bond donors (Lipinski definition) is 2. The van der Waals surface area contributed by atoms with E-state index < -0.39 is 0 Å². The Hall–Kier alpha value is -2.23. The van der Waals surface area contributed by atoms with E-state index in [9.17, 15) is 4.79 Å². The summed E-state index contributed by atoms with van der Waals surface area (Å²) in [6.07, 6.45) is 1.28. The normalized spacial score (nSPS) is 20.1. The maximum atomic E-state index is 12.4. The van der Waals surface area contributed by atoms with Gasteiger partial charge < -0.3 is 20.1 Å². The van der Waals surface area contributed by atoms with Gasteiger partial charge in [-0.25, -0.2) is 0 Å². The summed E-state index contributed by atoms with van der Waals surface area (Å²) < 4.78 is 12.3. The number of halogens is 1. The number of rotatable bonds is 4. The third kappa shape index (κ3) is 3.81. The minimum Gasteiger partial charge on any atom is -0.494 e. The third-order valence-corrected chi connectivity index (χ3v) is 3.64. The van der Waals surface area contributed by atoms with Gasteiger partial charge in [-0.3, -0.25) is 4.79 Å². The van der Waals surface area contributed by atoms with Gasteiger partial charge in [0.1, 0.15) is 23.8 Å². The molecule has 1 amide bonds. The van der Waals surface area contributed by atoms with Gasteiger partial charge in [-0.15, -0.1) is 17.5 Å². The van der Waals surface area contributed by atoms with Gasteiger partial charge >= 0.3 is 0 Å². The summed E-state index contributed by atoms with van der Waals surface area (Å²) in [6, 6.07) is 4.88. The quantitative estimate of drug-likeness (QED) is 0.819. The summed E-state index contributed by atoms with van der Waals surface area (Å²) in [4.78, 5) is 12.4. The molecule has 1 aliphatic heterocycles. The fourth-order valence-corrected chi connectivity index (χ4v) is 2.47. The van der Waals surface area contributed by atoms with Crippen LogP contribution in [0.2, 0.25) is 0 Å². The number of anilines is 1. The van der Waals surface area contributed by atoms with E-state index in [0.717, 1.165) is 0 Å². The highest BCUT2D eigenvalue weighted by molar-refractivity contribution is 5.95. The van der Waals surface area contributed by atoms with Crippen molar-refractivity contribution in [2.24, 2.45) is 0 Å². The molecule has 10 heteroatoms. The van der Waals surface area contributed by atoms with Crippen LogP contribution in [0.4, 0.5) is 5.69 Å². The molecule has 1 aliphatic rings. The number of benzene rings is 1. The highest BCUT2D eigenvalue weighted by Gasteiger charge is 2.28. The molecule has 1 fully saturated rings. The van der Waals surface area contributed by atoms with Crippen LogP contribution in [-0.4, -0.2) is 58.5 Å². The van der Waals surface area contributed by atoms with Crippen LogP contribution in [0.25, 0.3) is 5.69 Å². The topological polar surface area (TPSA) is 103 Å². The zero-order valence-electron chi connectivity index (χ0n) is 13.3. The Balaban J connectivity index is 0.00000208. The Bertz CT molecular complexity index is 681.